The van der Waals surface area contributed by atoms with Crippen LogP contribution >= 0.6 is 0 Å². The molecule has 5 aliphatic rings. The van der Waals surface area contributed by atoms with Crippen LogP contribution in [0.15, 0.2) is 170 Å². The highest BCUT2D eigenvalue weighted by Crippen LogP contribution is 2.70. The van der Waals surface area contributed by atoms with Gasteiger partial charge in [0.1, 0.15) is 0 Å². The van der Waals surface area contributed by atoms with Crippen molar-refractivity contribution in [2.24, 2.45) is 23.7 Å². The van der Waals surface area contributed by atoms with Crippen LogP contribution in [0.1, 0.15) is 43.2 Å². The summed E-state index contributed by atoms with van der Waals surface area (Å²) in [5, 5.41) is 2.73. The standard InChI is InChI=1S/C54H42N2/c1-3-11-37(12-4-1)50-33-51(56-53(55-50)39-13-5-2-6-14-39)38-23-21-36(22-24-38)40-17-9-18-43(30-40)46-19-10-20-48-52(46)47-31-41-15-7-8-16-42(41)32-49(47)54(48)44-26-34-25-35(28-44)29-45(54)27-34/h1-24,30-35,44-45H,25-29H2. The number of fused-ring (bicyclic) bond motifs is 4. The van der Waals surface area contributed by atoms with Crippen molar-refractivity contribution in [3.05, 3.63) is 181 Å². The highest BCUT2D eigenvalue weighted by Gasteiger charge is 2.61. The molecule has 0 amide bonds. The molecule has 1 spiro atoms. The first kappa shape index (κ1) is 32.2. The Balaban J connectivity index is 0.952. The van der Waals surface area contributed by atoms with Gasteiger partial charge in [-0.2, -0.15) is 0 Å². The van der Waals surface area contributed by atoms with Crippen molar-refractivity contribution in [3.8, 4) is 67.3 Å². The number of hydrogen-bond acceptors (Lipinski definition) is 2. The molecule has 4 saturated carbocycles. The average Bonchev–Trinajstić information content (AvgIpc) is 3.54. The van der Waals surface area contributed by atoms with Crippen LogP contribution in [-0.2, 0) is 5.41 Å². The zero-order chi connectivity index (χ0) is 36.8. The predicted molar refractivity (Wildman–Crippen MR) is 230 cm³/mol. The number of nitrogens with zero attached hydrogens (tertiary/aromatic N) is 2. The summed E-state index contributed by atoms with van der Waals surface area (Å²) in [6.45, 7) is 0. The summed E-state index contributed by atoms with van der Waals surface area (Å²) in [5.74, 6) is 4.06. The second-order valence-corrected chi connectivity index (χ2v) is 17.0. The van der Waals surface area contributed by atoms with Crippen LogP contribution < -0.4 is 0 Å². The Morgan fingerprint density at radius 3 is 1.62 bits per heavy atom. The molecule has 0 atom stereocenters. The Morgan fingerprint density at radius 1 is 0.375 bits per heavy atom. The van der Waals surface area contributed by atoms with Gasteiger partial charge in [0.25, 0.3) is 0 Å². The molecule has 0 unspecified atom stereocenters. The third-order valence-electron chi connectivity index (χ3n) is 14.1. The van der Waals surface area contributed by atoms with Gasteiger partial charge in [-0.15, -0.1) is 0 Å². The van der Waals surface area contributed by atoms with E-state index in [4.69, 9.17) is 9.97 Å². The maximum atomic E-state index is 5.08. The van der Waals surface area contributed by atoms with Gasteiger partial charge in [-0.05, 0) is 135 Å². The minimum Gasteiger partial charge on any atom is -0.228 e. The van der Waals surface area contributed by atoms with Gasteiger partial charge in [-0.3, -0.25) is 0 Å². The lowest BCUT2D eigenvalue weighted by atomic mass is 9.43. The Labute approximate surface area is 329 Å². The van der Waals surface area contributed by atoms with Crippen LogP contribution in [0.25, 0.3) is 78.1 Å². The van der Waals surface area contributed by atoms with Gasteiger partial charge in [0.15, 0.2) is 5.82 Å². The second-order valence-electron chi connectivity index (χ2n) is 17.0. The van der Waals surface area contributed by atoms with Gasteiger partial charge in [-0.25, -0.2) is 9.97 Å². The molecule has 4 bridgehead atoms. The van der Waals surface area contributed by atoms with E-state index in [0.717, 1.165) is 57.6 Å². The van der Waals surface area contributed by atoms with Crippen molar-refractivity contribution in [2.45, 2.75) is 37.5 Å². The topological polar surface area (TPSA) is 25.8 Å². The largest absolute Gasteiger partial charge is 0.228 e. The number of rotatable bonds is 5. The quantitative estimate of drug-likeness (QED) is 0.177. The number of benzene rings is 7. The number of aromatic nitrogens is 2. The third kappa shape index (κ3) is 4.88. The van der Waals surface area contributed by atoms with Crippen molar-refractivity contribution in [2.75, 3.05) is 0 Å². The molecule has 0 N–H and O–H groups in total. The number of hydrogen-bond donors (Lipinski definition) is 0. The fraction of sp³-hybridized carbons (Fsp3) is 0.185. The molecule has 13 rings (SSSR count). The molecule has 2 heteroatoms. The van der Waals surface area contributed by atoms with Crippen molar-refractivity contribution >= 4 is 10.8 Å². The van der Waals surface area contributed by atoms with Gasteiger partial charge in [0.2, 0.25) is 0 Å². The Bertz CT molecular complexity index is 2710. The first-order valence-electron chi connectivity index (χ1n) is 20.6. The van der Waals surface area contributed by atoms with Crippen LogP contribution in [-0.4, -0.2) is 9.97 Å². The highest BCUT2D eigenvalue weighted by atomic mass is 14.9. The molecule has 56 heavy (non-hydrogen) atoms. The lowest BCUT2D eigenvalue weighted by Crippen LogP contribution is -2.55. The van der Waals surface area contributed by atoms with Gasteiger partial charge in [0.05, 0.1) is 11.4 Å². The molecule has 4 fully saturated rings. The molecule has 1 heterocycles. The fourth-order valence-corrected chi connectivity index (χ4v) is 11.9. The van der Waals surface area contributed by atoms with E-state index < -0.39 is 0 Å². The first-order chi connectivity index (χ1) is 27.7. The van der Waals surface area contributed by atoms with E-state index in [1.54, 1.807) is 11.1 Å². The SMILES string of the molecule is c1ccc(-c2cc(-c3ccc(-c4cccc(-c5cccc6c5-c5cc7ccccc7cc5C65C6CC7CC(C6)CC5C7)c4)cc3)nc(-c3ccccc3)n2)cc1. The molecule has 7 aromatic carbocycles. The average molecular weight is 719 g/mol. The zero-order valence-electron chi connectivity index (χ0n) is 31.4. The van der Waals surface area contributed by atoms with E-state index in [1.807, 2.05) is 24.3 Å². The van der Waals surface area contributed by atoms with Crippen LogP contribution in [0.5, 0.6) is 0 Å². The highest BCUT2D eigenvalue weighted by molar-refractivity contribution is 5.99. The van der Waals surface area contributed by atoms with E-state index in [2.05, 4.69) is 146 Å². The molecule has 268 valence electrons. The van der Waals surface area contributed by atoms with Crippen molar-refractivity contribution < 1.29 is 0 Å². The van der Waals surface area contributed by atoms with Crippen molar-refractivity contribution in [1.29, 1.82) is 0 Å². The third-order valence-corrected chi connectivity index (χ3v) is 14.1. The molecule has 2 nitrogen and oxygen atoms in total. The van der Waals surface area contributed by atoms with Crippen molar-refractivity contribution in [1.82, 2.24) is 9.97 Å². The van der Waals surface area contributed by atoms with Gasteiger partial charge in [0, 0.05) is 22.1 Å². The Morgan fingerprint density at radius 2 is 0.929 bits per heavy atom. The van der Waals surface area contributed by atoms with Gasteiger partial charge in [-0.1, -0.05) is 146 Å². The Hall–Kier alpha value is -6.12. The molecule has 5 aliphatic carbocycles. The molecule has 0 aliphatic heterocycles. The summed E-state index contributed by atoms with van der Waals surface area (Å²) in [6, 6.07) is 62.4. The molecule has 8 aromatic rings. The molecule has 1 aromatic heterocycles. The smallest absolute Gasteiger partial charge is 0.160 e. The summed E-state index contributed by atoms with van der Waals surface area (Å²) in [4.78, 5) is 10.1. The van der Waals surface area contributed by atoms with Gasteiger partial charge < -0.3 is 0 Å². The molecule has 0 saturated heterocycles. The monoisotopic (exact) mass is 718 g/mol. The molecule has 0 radical (unpaired) electrons. The zero-order valence-corrected chi connectivity index (χ0v) is 31.4. The molecular weight excluding hydrogens is 677 g/mol. The summed E-state index contributed by atoms with van der Waals surface area (Å²) in [5.41, 5.74) is 16.4. The fourth-order valence-electron chi connectivity index (χ4n) is 11.9. The van der Waals surface area contributed by atoms with Crippen LogP contribution in [0, 0.1) is 23.7 Å². The van der Waals surface area contributed by atoms with Crippen molar-refractivity contribution in [3.63, 3.8) is 0 Å². The maximum absolute atomic E-state index is 5.08. The summed E-state index contributed by atoms with van der Waals surface area (Å²) in [7, 11) is 0. The van der Waals surface area contributed by atoms with E-state index in [-0.39, 0.29) is 5.41 Å². The summed E-state index contributed by atoms with van der Waals surface area (Å²) in [6.07, 6.45) is 7.04. The van der Waals surface area contributed by atoms with Crippen LogP contribution in [0.3, 0.4) is 0 Å². The van der Waals surface area contributed by atoms with E-state index in [0.29, 0.717) is 0 Å². The minimum atomic E-state index is 0.132. The van der Waals surface area contributed by atoms with E-state index in [1.165, 1.54) is 76.3 Å². The lowest BCUT2D eigenvalue weighted by Gasteiger charge is -2.61. The lowest BCUT2D eigenvalue weighted by molar-refractivity contribution is -0.0398. The second kappa shape index (κ2) is 12.4. The normalized spacial score (nSPS) is 22.7. The van der Waals surface area contributed by atoms with Gasteiger partial charge >= 0.3 is 0 Å². The predicted octanol–water partition coefficient (Wildman–Crippen LogP) is 13.7. The molecular formula is C54H42N2. The maximum Gasteiger partial charge on any atom is 0.160 e. The first-order valence-corrected chi connectivity index (χ1v) is 20.6. The van der Waals surface area contributed by atoms with Crippen LogP contribution in [0.2, 0.25) is 0 Å². The van der Waals surface area contributed by atoms with E-state index in [9.17, 15) is 0 Å². The Kier molecular flexibility index (Phi) is 7.15. The summed E-state index contributed by atoms with van der Waals surface area (Å²) >= 11 is 0. The van der Waals surface area contributed by atoms with E-state index >= 15 is 0 Å². The summed E-state index contributed by atoms with van der Waals surface area (Å²) < 4.78 is 0. The minimum absolute atomic E-state index is 0.132. The van der Waals surface area contributed by atoms with Crippen LogP contribution in [0.4, 0.5) is 0 Å².